The van der Waals surface area contributed by atoms with E-state index in [1.165, 1.54) is 23.1 Å². The summed E-state index contributed by atoms with van der Waals surface area (Å²) in [6.07, 6.45) is 0. The van der Waals surface area contributed by atoms with E-state index < -0.39 is 0 Å². The molecule has 3 heterocycles. The molecule has 2 aromatic carbocycles. The number of fused-ring (bicyclic) bond motifs is 2. The van der Waals surface area contributed by atoms with Crippen LogP contribution in [0.4, 0.5) is 0 Å². The van der Waals surface area contributed by atoms with Gasteiger partial charge in [-0.05, 0) is 50.6 Å². The first-order valence-electron chi connectivity index (χ1n) is 10.7. The average Bonchev–Trinajstić information content (AvgIpc) is 3.13. The molecule has 0 spiro atoms. The number of ether oxygens (including phenoxy) is 1. The van der Waals surface area contributed by atoms with E-state index in [-0.39, 0.29) is 16.4 Å². The zero-order valence-electron chi connectivity index (χ0n) is 19.1. The highest BCUT2D eigenvalue weighted by molar-refractivity contribution is 7.99. The number of thioether (sulfide) groups is 1. The minimum atomic E-state index is -0.260. The van der Waals surface area contributed by atoms with Crippen LogP contribution in [0.25, 0.3) is 26.8 Å². The Kier molecular flexibility index (Phi) is 5.75. The van der Waals surface area contributed by atoms with E-state index in [1.54, 1.807) is 23.8 Å². The molecule has 5 rings (SSSR count). The van der Waals surface area contributed by atoms with Crippen molar-refractivity contribution in [2.75, 3.05) is 7.11 Å². The lowest BCUT2D eigenvalue weighted by Crippen LogP contribution is -2.22. The number of thiophene rings is 1. The number of nitrogens with one attached hydrogen (secondary N) is 1. The molecule has 3 aromatic heterocycles. The standard InChI is InChI=1S/C25H22N4O3S2/c1-13-14(2)33-23-20(13)22(30)27-21(28-23)15(3)34-25-26-19-11-6-5-10-18(19)24(31)29(25)16-8-7-9-17(12-16)32-4/h5-12,15H,1-4H3,(H,27,28,30). The van der Waals surface area contributed by atoms with Crippen molar-refractivity contribution in [3.8, 4) is 11.4 Å². The summed E-state index contributed by atoms with van der Waals surface area (Å²) in [5, 5.41) is 1.41. The number of methoxy groups -OCH3 is 1. The van der Waals surface area contributed by atoms with E-state index in [2.05, 4.69) is 4.98 Å². The number of aromatic nitrogens is 4. The van der Waals surface area contributed by atoms with Crippen molar-refractivity contribution in [3.05, 3.63) is 85.5 Å². The maximum atomic E-state index is 13.5. The van der Waals surface area contributed by atoms with Crippen LogP contribution in [0.1, 0.15) is 28.4 Å². The SMILES string of the molecule is COc1cccc(-n2c(SC(C)c3nc4sc(C)c(C)c4c(=O)[nH]3)nc3ccccc3c2=O)c1. The number of benzene rings is 2. The molecule has 172 valence electrons. The maximum Gasteiger partial charge on any atom is 0.266 e. The van der Waals surface area contributed by atoms with E-state index in [0.717, 1.165) is 15.3 Å². The van der Waals surface area contributed by atoms with Crippen molar-refractivity contribution in [3.63, 3.8) is 0 Å². The quantitative estimate of drug-likeness (QED) is 0.270. The summed E-state index contributed by atoms with van der Waals surface area (Å²) in [5.74, 6) is 1.18. The van der Waals surface area contributed by atoms with Crippen molar-refractivity contribution >= 4 is 44.2 Å². The van der Waals surface area contributed by atoms with Crippen molar-refractivity contribution in [1.82, 2.24) is 19.5 Å². The lowest BCUT2D eigenvalue weighted by atomic mass is 10.2. The lowest BCUT2D eigenvalue weighted by Gasteiger charge is -2.16. The minimum Gasteiger partial charge on any atom is -0.497 e. The first-order chi connectivity index (χ1) is 16.4. The molecule has 7 nitrogen and oxygen atoms in total. The molecule has 5 aromatic rings. The summed E-state index contributed by atoms with van der Waals surface area (Å²) in [4.78, 5) is 40.6. The van der Waals surface area contributed by atoms with Crippen LogP contribution in [0, 0.1) is 13.8 Å². The Morgan fingerprint density at radius 3 is 2.68 bits per heavy atom. The Morgan fingerprint density at radius 2 is 1.88 bits per heavy atom. The van der Waals surface area contributed by atoms with Gasteiger partial charge in [-0.1, -0.05) is 30.0 Å². The molecular formula is C25H22N4O3S2. The highest BCUT2D eigenvalue weighted by Crippen LogP contribution is 2.35. The summed E-state index contributed by atoms with van der Waals surface area (Å²) >= 11 is 2.89. The molecule has 0 amide bonds. The van der Waals surface area contributed by atoms with Crippen LogP contribution < -0.4 is 15.9 Å². The number of para-hydroxylation sites is 1. The Hall–Kier alpha value is -3.43. The monoisotopic (exact) mass is 490 g/mol. The van der Waals surface area contributed by atoms with Crippen LogP contribution in [0.3, 0.4) is 0 Å². The van der Waals surface area contributed by atoms with Gasteiger partial charge in [0.2, 0.25) is 0 Å². The van der Waals surface area contributed by atoms with E-state index in [1.807, 2.05) is 57.2 Å². The van der Waals surface area contributed by atoms with E-state index in [4.69, 9.17) is 14.7 Å². The van der Waals surface area contributed by atoms with Gasteiger partial charge in [0.15, 0.2) is 5.16 Å². The molecule has 0 aliphatic carbocycles. The lowest BCUT2D eigenvalue weighted by molar-refractivity contribution is 0.414. The van der Waals surface area contributed by atoms with E-state index in [0.29, 0.717) is 38.7 Å². The minimum absolute atomic E-state index is 0.147. The average molecular weight is 491 g/mol. The summed E-state index contributed by atoms with van der Waals surface area (Å²) < 4.78 is 6.95. The van der Waals surface area contributed by atoms with Crippen LogP contribution in [-0.4, -0.2) is 26.6 Å². The van der Waals surface area contributed by atoms with Crippen LogP contribution in [0.5, 0.6) is 5.75 Å². The van der Waals surface area contributed by atoms with Crippen LogP contribution in [0.15, 0.2) is 63.3 Å². The molecule has 0 radical (unpaired) electrons. The Labute approximate surface area is 203 Å². The normalized spacial score (nSPS) is 12.4. The van der Waals surface area contributed by atoms with Crippen molar-refractivity contribution in [2.45, 2.75) is 31.2 Å². The van der Waals surface area contributed by atoms with Crippen molar-refractivity contribution in [1.29, 1.82) is 0 Å². The van der Waals surface area contributed by atoms with Gasteiger partial charge in [-0.25, -0.2) is 9.97 Å². The largest absolute Gasteiger partial charge is 0.497 e. The molecule has 0 aliphatic rings. The second-order valence-corrected chi connectivity index (χ2v) is 10.4. The van der Waals surface area contributed by atoms with Crippen LogP contribution in [0.2, 0.25) is 0 Å². The van der Waals surface area contributed by atoms with Gasteiger partial charge in [-0.2, -0.15) is 0 Å². The Bertz CT molecular complexity index is 1670. The summed E-state index contributed by atoms with van der Waals surface area (Å²) in [5.41, 5.74) is 1.91. The van der Waals surface area contributed by atoms with Crippen molar-refractivity contribution in [2.24, 2.45) is 0 Å². The highest BCUT2D eigenvalue weighted by Gasteiger charge is 2.20. The number of nitrogens with zero attached hydrogens (tertiary/aromatic N) is 3. The van der Waals surface area contributed by atoms with Gasteiger partial charge >= 0.3 is 0 Å². The Balaban J connectivity index is 1.65. The van der Waals surface area contributed by atoms with Gasteiger partial charge in [0.1, 0.15) is 16.4 Å². The van der Waals surface area contributed by atoms with Gasteiger partial charge < -0.3 is 9.72 Å². The molecule has 0 fully saturated rings. The van der Waals surface area contributed by atoms with Gasteiger partial charge in [-0.3, -0.25) is 14.2 Å². The van der Waals surface area contributed by atoms with E-state index in [9.17, 15) is 9.59 Å². The summed E-state index contributed by atoms with van der Waals surface area (Å²) in [6, 6.07) is 14.6. The zero-order valence-corrected chi connectivity index (χ0v) is 20.7. The fourth-order valence-electron chi connectivity index (χ4n) is 3.85. The number of aromatic amines is 1. The third-order valence-electron chi connectivity index (χ3n) is 5.78. The van der Waals surface area contributed by atoms with Crippen LogP contribution >= 0.6 is 23.1 Å². The number of hydrogen-bond donors (Lipinski definition) is 1. The van der Waals surface area contributed by atoms with Gasteiger partial charge in [0.05, 0.1) is 34.3 Å². The number of rotatable bonds is 5. The smallest absolute Gasteiger partial charge is 0.266 e. The van der Waals surface area contributed by atoms with Gasteiger partial charge in [0, 0.05) is 10.9 Å². The molecule has 9 heteroatoms. The number of hydrogen-bond acceptors (Lipinski definition) is 7. The van der Waals surface area contributed by atoms with Crippen molar-refractivity contribution < 1.29 is 4.74 Å². The predicted molar refractivity (Wildman–Crippen MR) is 138 cm³/mol. The Morgan fingerprint density at radius 1 is 1.09 bits per heavy atom. The highest BCUT2D eigenvalue weighted by atomic mass is 32.2. The van der Waals surface area contributed by atoms with Gasteiger partial charge in [-0.15, -0.1) is 11.3 Å². The molecule has 1 N–H and O–H groups in total. The van der Waals surface area contributed by atoms with Crippen LogP contribution in [-0.2, 0) is 0 Å². The third-order valence-corrected chi connectivity index (χ3v) is 7.94. The second kappa shape index (κ2) is 8.73. The molecule has 34 heavy (non-hydrogen) atoms. The molecule has 1 atom stereocenters. The zero-order chi connectivity index (χ0) is 24.0. The second-order valence-electron chi connectivity index (χ2n) is 7.93. The predicted octanol–water partition coefficient (Wildman–Crippen LogP) is 5.16. The molecule has 0 saturated heterocycles. The fourth-order valence-corrected chi connectivity index (χ4v) is 5.87. The molecule has 0 saturated carbocycles. The molecule has 0 bridgehead atoms. The van der Waals surface area contributed by atoms with Gasteiger partial charge in [0.25, 0.3) is 11.1 Å². The third kappa shape index (κ3) is 3.80. The summed E-state index contributed by atoms with van der Waals surface area (Å²) in [6.45, 7) is 5.87. The molecular weight excluding hydrogens is 468 g/mol. The first kappa shape index (κ1) is 22.4. The topological polar surface area (TPSA) is 89.9 Å². The fraction of sp³-hybridized carbons (Fsp3) is 0.200. The molecule has 1 unspecified atom stereocenters. The number of aryl methyl sites for hydroxylation is 2. The maximum absolute atomic E-state index is 13.5. The molecule has 0 aliphatic heterocycles. The first-order valence-corrected chi connectivity index (χ1v) is 12.4. The van der Waals surface area contributed by atoms with E-state index >= 15 is 0 Å². The number of H-pyrrole nitrogens is 1. The summed E-state index contributed by atoms with van der Waals surface area (Å²) in [7, 11) is 1.59.